The van der Waals surface area contributed by atoms with Gasteiger partial charge in [0.05, 0.1) is 38.7 Å². The van der Waals surface area contributed by atoms with Crippen LogP contribution in [0.15, 0.2) is 60.2 Å². The van der Waals surface area contributed by atoms with Crippen molar-refractivity contribution in [1.29, 1.82) is 5.26 Å². The van der Waals surface area contributed by atoms with Crippen molar-refractivity contribution in [3.8, 4) is 23.3 Å². The van der Waals surface area contributed by atoms with Gasteiger partial charge in [-0.05, 0) is 17.2 Å². The van der Waals surface area contributed by atoms with E-state index in [2.05, 4.69) is 21.5 Å². The molecule has 10 heteroatoms. The Hall–Kier alpha value is -4.23. The highest BCUT2D eigenvalue weighted by Crippen LogP contribution is 2.40. The van der Waals surface area contributed by atoms with Crippen LogP contribution >= 0.6 is 0 Å². The summed E-state index contributed by atoms with van der Waals surface area (Å²) in [5, 5.41) is 16.1. The van der Waals surface area contributed by atoms with Gasteiger partial charge in [0.2, 0.25) is 5.75 Å². The highest BCUT2D eigenvalue weighted by Gasteiger charge is 2.15. The van der Waals surface area contributed by atoms with Crippen LogP contribution < -0.4 is 30.7 Å². The SMILES string of the molecule is COc1cc(N/C(N)=N/[NH2+]c2ccc(C#N)cc2)cc(OCCn2ccnc2)c1OC. The Bertz CT molecular complexity index is 1060. The van der Waals surface area contributed by atoms with Gasteiger partial charge in [-0.1, -0.05) is 0 Å². The fourth-order valence-corrected chi connectivity index (χ4v) is 2.76. The molecule has 0 atom stereocenters. The minimum Gasteiger partial charge on any atom is -0.493 e. The molecule has 0 saturated carbocycles. The number of imidazole rings is 1. The number of nitrogens with two attached hydrogens (primary N) is 2. The Balaban J connectivity index is 1.70. The highest BCUT2D eigenvalue weighted by atomic mass is 16.5. The Morgan fingerprint density at radius 1 is 1.23 bits per heavy atom. The monoisotopic (exact) mass is 422 g/mol. The molecule has 5 N–H and O–H groups in total. The number of nitrogens with zero attached hydrogens (tertiary/aromatic N) is 4. The number of methoxy groups -OCH3 is 2. The van der Waals surface area contributed by atoms with Crippen LogP contribution in [0.1, 0.15) is 5.56 Å². The molecule has 0 fully saturated rings. The topological polar surface area (TPSA) is 136 Å². The van der Waals surface area contributed by atoms with Crippen molar-refractivity contribution in [1.82, 2.24) is 9.55 Å². The second-order valence-corrected chi connectivity index (χ2v) is 6.36. The van der Waals surface area contributed by atoms with E-state index in [9.17, 15) is 0 Å². The van der Waals surface area contributed by atoms with E-state index in [4.69, 9.17) is 25.2 Å². The highest BCUT2D eigenvalue weighted by molar-refractivity contribution is 5.92. The summed E-state index contributed by atoms with van der Waals surface area (Å²) in [4.78, 5) is 4.01. The second kappa shape index (κ2) is 10.5. The van der Waals surface area contributed by atoms with Crippen LogP contribution in [0, 0.1) is 11.3 Å². The Kier molecular flexibility index (Phi) is 7.29. The molecule has 0 saturated heterocycles. The third-order valence-electron chi connectivity index (χ3n) is 4.28. The largest absolute Gasteiger partial charge is 0.493 e. The number of ether oxygens (including phenoxy) is 3. The maximum atomic E-state index is 8.86. The summed E-state index contributed by atoms with van der Waals surface area (Å²) in [6.45, 7) is 1.04. The van der Waals surface area contributed by atoms with Crippen molar-refractivity contribution in [2.24, 2.45) is 10.8 Å². The fraction of sp³-hybridized carbons (Fsp3) is 0.190. The van der Waals surface area contributed by atoms with Gasteiger partial charge in [-0.15, -0.1) is 0 Å². The lowest BCUT2D eigenvalue weighted by Gasteiger charge is -2.16. The van der Waals surface area contributed by atoms with Crippen LogP contribution in [0.4, 0.5) is 11.4 Å². The average Bonchev–Trinajstić information content (AvgIpc) is 3.31. The number of anilines is 1. The van der Waals surface area contributed by atoms with E-state index in [1.54, 1.807) is 68.6 Å². The fourth-order valence-electron chi connectivity index (χ4n) is 2.76. The second-order valence-electron chi connectivity index (χ2n) is 6.36. The van der Waals surface area contributed by atoms with E-state index >= 15 is 0 Å². The number of rotatable bonds is 9. The Morgan fingerprint density at radius 2 is 2.00 bits per heavy atom. The van der Waals surface area contributed by atoms with Crippen molar-refractivity contribution in [2.75, 3.05) is 26.1 Å². The van der Waals surface area contributed by atoms with E-state index in [0.29, 0.717) is 41.7 Å². The van der Waals surface area contributed by atoms with Crippen LogP contribution in [0.3, 0.4) is 0 Å². The van der Waals surface area contributed by atoms with E-state index in [1.807, 2.05) is 10.8 Å². The molecule has 0 aliphatic carbocycles. The summed E-state index contributed by atoms with van der Waals surface area (Å²) in [5.74, 6) is 1.67. The zero-order valence-corrected chi connectivity index (χ0v) is 17.3. The molecule has 0 radical (unpaired) electrons. The third-order valence-corrected chi connectivity index (χ3v) is 4.28. The number of nitrogens with one attached hydrogen (secondary N) is 1. The predicted octanol–water partition coefficient (Wildman–Crippen LogP) is 1.39. The van der Waals surface area contributed by atoms with Gasteiger partial charge in [0.25, 0.3) is 5.96 Å². The quantitative estimate of drug-likeness (QED) is 0.156. The lowest BCUT2D eigenvalue weighted by atomic mass is 10.2. The van der Waals surface area contributed by atoms with Crippen molar-refractivity contribution in [2.45, 2.75) is 6.54 Å². The summed E-state index contributed by atoms with van der Waals surface area (Å²) in [7, 11) is 3.10. The summed E-state index contributed by atoms with van der Waals surface area (Å²) in [6, 6.07) is 12.6. The minimum absolute atomic E-state index is 0.181. The standard InChI is InChI=1S/C21H23N7O3/c1-29-18-11-17(25-21(23)27-26-16-5-3-15(13-22)4-6-16)12-19(20(18)30-2)31-10-9-28-8-7-24-14-28/h3-8,11-12,14,26H,9-10H2,1-2H3,(H3,23,25,27)/p+1. The first-order valence-electron chi connectivity index (χ1n) is 9.41. The van der Waals surface area contributed by atoms with E-state index in [-0.39, 0.29) is 5.96 Å². The third kappa shape index (κ3) is 5.88. The van der Waals surface area contributed by atoms with Gasteiger partial charge in [0.1, 0.15) is 6.61 Å². The molecule has 1 heterocycles. The molecular formula is C21H24N7O3+. The molecular weight excluding hydrogens is 398 g/mol. The number of benzene rings is 2. The summed E-state index contributed by atoms with van der Waals surface area (Å²) in [5.41, 5.74) is 9.65. The smallest absolute Gasteiger partial charge is 0.252 e. The summed E-state index contributed by atoms with van der Waals surface area (Å²) >= 11 is 0. The molecule has 0 unspecified atom stereocenters. The maximum absolute atomic E-state index is 8.86. The zero-order valence-electron chi connectivity index (χ0n) is 17.3. The molecule has 3 aromatic rings. The van der Waals surface area contributed by atoms with Gasteiger partial charge in [-0.3, -0.25) is 0 Å². The molecule has 31 heavy (non-hydrogen) atoms. The predicted molar refractivity (Wildman–Crippen MR) is 115 cm³/mol. The molecule has 0 bridgehead atoms. The number of hydrogen-bond acceptors (Lipinski definition) is 6. The van der Waals surface area contributed by atoms with Gasteiger partial charge < -0.3 is 29.8 Å². The molecule has 0 aliphatic rings. The molecule has 0 aliphatic heterocycles. The van der Waals surface area contributed by atoms with Gasteiger partial charge in [0.15, 0.2) is 17.2 Å². The summed E-state index contributed by atoms with van der Waals surface area (Å²) < 4.78 is 18.7. The van der Waals surface area contributed by atoms with E-state index < -0.39 is 0 Å². The number of quaternary nitrogens is 1. The molecule has 10 nitrogen and oxygen atoms in total. The number of nitriles is 1. The molecule has 1 aromatic heterocycles. The first kappa shape index (κ1) is 21.5. The first-order valence-corrected chi connectivity index (χ1v) is 9.41. The minimum atomic E-state index is 0.181. The van der Waals surface area contributed by atoms with Crippen molar-refractivity contribution >= 4 is 17.3 Å². The van der Waals surface area contributed by atoms with Crippen LogP contribution in [-0.4, -0.2) is 36.3 Å². The molecule has 2 aromatic carbocycles. The van der Waals surface area contributed by atoms with Gasteiger partial charge in [-0.25, -0.2) is 4.98 Å². The molecule has 0 amide bonds. The maximum Gasteiger partial charge on any atom is 0.252 e. The van der Waals surface area contributed by atoms with Crippen LogP contribution in [0.5, 0.6) is 17.2 Å². The van der Waals surface area contributed by atoms with Gasteiger partial charge >= 0.3 is 0 Å². The average molecular weight is 422 g/mol. The Morgan fingerprint density at radius 3 is 2.65 bits per heavy atom. The first-order chi connectivity index (χ1) is 15.1. The van der Waals surface area contributed by atoms with Crippen LogP contribution in [0.2, 0.25) is 0 Å². The number of hydrogen-bond donors (Lipinski definition) is 3. The zero-order chi connectivity index (χ0) is 22.1. The molecule has 160 valence electrons. The van der Waals surface area contributed by atoms with Crippen LogP contribution in [-0.2, 0) is 6.54 Å². The van der Waals surface area contributed by atoms with Crippen molar-refractivity contribution in [3.05, 3.63) is 60.7 Å². The molecule has 0 spiro atoms. The van der Waals surface area contributed by atoms with Gasteiger partial charge in [-0.2, -0.15) is 10.7 Å². The number of guanidine groups is 1. The summed E-state index contributed by atoms with van der Waals surface area (Å²) in [6.07, 6.45) is 5.30. The van der Waals surface area contributed by atoms with Crippen LogP contribution in [0.25, 0.3) is 0 Å². The van der Waals surface area contributed by atoms with Crippen molar-refractivity contribution < 1.29 is 19.6 Å². The van der Waals surface area contributed by atoms with Gasteiger partial charge in [0, 0.05) is 42.3 Å². The van der Waals surface area contributed by atoms with Crippen molar-refractivity contribution in [3.63, 3.8) is 0 Å². The lowest BCUT2D eigenvalue weighted by Crippen LogP contribution is -2.72. The van der Waals surface area contributed by atoms with E-state index in [1.165, 1.54) is 0 Å². The number of aromatic nitrogens is 2. The normalized spacial score (nSPS) is 10.9. The lowest BCUT2D eigenvalue weighted by molar-refractivity contribution is -0.577. The Labute approximate surface area is 179 Å². The molecule has 3 rings (SSSR count). The van der Waals surface area contributed by atoms with E-state index in [0.717, 1.165) is 5.69 Å².